The summed E-state index contributed by atoms with van der Waals surface area (Å²) in [4.78, 5) is 16.8. The third kappa shape index (κ3) is 8.64. The minimum atomic E-state index is -1.88. The van der Waals surface area contributed by atoms with Crippen LogP contribution in [0.15, 0.2) is 78.7 Å². The van der Waals surface area contributed by atoms with Gasteiger partial charge in [0.05, 0.1) is 5.76 Å². The zero-order valence-electron chi connectivity index (χ0n) is 33.0. The van der Waals surface area contributed by atoms with Crippen LogP contribution in [0.4, 0.5) is 0 Å². The smallest absolute Gasteiger partial charge is 0.162 e. The van der Waals surface area contributed by atoms with E-state index in [2.05, 4.69) is 107 Å². The van der Waals surface area contributed by atoms with Crippen molar-refractivity contribution in [3.63, 3.8) is 0 Å². The number of aliphatic hydroxyl groups excluding tert-OH is 1. The Morgan fingerprint density at radius 1 is 0.904 bits per heavy atom. The zero-order chi connectivity index (χ0) is 36.9. The quantitative estimate of drug-likeness (QED) is 0.0747. The number of nitrogens with zero attached hydrogens (tertiary/aromatic N) is 1. The van der Waals surface area contributed by atoms with Crippen LogP contribution in [-0.2, 0) is 30.3 Å². The second-order valence-corrected chi connectivity index (χ2v) is 20.3. The molecule has 3 heterocycles. The van der Waals surface area contributed by atoms with Crippen molar-refractivity contribution in [2.45, 2.75) is 124 Å². The van der Waals surface area contributed by atoms with Crippen LogP contribution >= 0.6 is 0 Å². The van der Waals surface area contributed by atoms with Gasteiger partial charge in [-0.15, -0.1) is 29.1 Å². The average Bonchev–Trinajstić information content (AvgIpc) is 3.74. The number of hydrogen-bond donors (Lipinski definition) is 1. The van der Waals surface area contributed by atoms with Crippen LogP contribution < -0.4 is 5.19 Å². The van der Waals surface area contributed by atoms with Gasteiger partial charge < -0.3 is 5.11 Å². The molecule has 279 valence electrons. The average molecular weight is 891 g/mol. The predicted molar refractivity (Wildman–Crippen MR) is 221 cm³/mol. The van der Waals surface area contributed by atoms with Crippen LogP contribution in [0.1, 0.15) is 129 Å². The largest absolute Gasteiger partial charge is 0.512 e. The summed E-state index contributed by atoms with van der Waals surface area (Å²) in [5.74, 6) is 0.999. The fraction of sp³-hybridized carbons (Fsp3) is 0.447. The maximum atomic E-state index is 11.7. The van der Waals surface area contributed by atoms with E-state index < -0.39 is 8.07 Å². The molecule has 1 aromatic heterocycles. The topological polar surface area (TPSA) is 50.2 Å². The fourth-order valence-electron chi connectivity index (χ4n) is 8.38. The van der Waals surface area contributed by atoms with Crippen molar-refractivity contribution in [1.29, 1.82) is 0 Å². The van der Waals surface area contributed by atoms with E-state index in [9.17, 15) is 9.90 Å². The Bertz CT molecular complexity index is 1890. The number of aliphatic hydroxyl groups is 1. The van der Waals surface area contributed by atoms with Gasteiger partial charge in [0.15, 0.2) is 5.78 Å². The van der Waals surface area contributed by atoms with E-state index in [4.69, 9.17) is 4.98 Å². The molecule has 1 spiro atoms. The normalized spacial score (nSPS) is 15.2. The number of fused-ring (bicyclic) bond motifs is 3. The first-order chi connectivity index (χ1) is 24.4. The minimum Gasteiger partial charge on any atom is -0.512 e. The summed E-state index contributed by atoms with van der Waals surface area (Å²) in [5, 5.41) is 15.5. The van der Waals surface area contributed by atoms with Crippen molar-refractivity contribution in [2.24, 2.45) is 11.8 Å². The first-order valence-corrected chi connectivity index (χ1v) is 22.0. The molecule has 0 amide bonds. The predicted octanol–water partition coefficient (Wildman–Crippen LogP) is 12.5. The molecule has 0 saturated carbocycles. The molecule has 0 atom stereocenters. The van der Waals surface area contributed by atoms with Gasteiger partial charge in [-0.3, -0.25) is 9.78 Å². The number of rotatable bonds is 10. The van der Waals surface area contributed by atoms with Gasteiger partial charge in [-0.1, -0.05) is 140 Å². The fourth-order valence-corrected chi connectivity index (χ4v) is 14.2. The van der Waals surface area contributed by atoms with Crippen LogP contribution in [0, 0.1) is 17.9 Å². The van der Waals surface area contributed by atoms with Crippen LogP contribution in [0.2, 0.25) is 12.1 Å². The first-order valence-electron chi connectivity index (χ1n) is 19.6. The third-order valence-electron chi connectivity index (χ3n) is 11.6. The van der Waals surface area contributed by atoms with E-state index in [1.165, 1.54) is 75.3 Å². The molecule has 2 aliphatic rings. The van der Waals surface area contributed by atoms with Crippen molar-refractivity contribution in [2.75, 3.05) is 0 Å². The molecule has 6 rings (SSSR count). The number of carbonyl (C=O) groups is 1. The molecule has 1 fully saturated rings. The standard InChI is InChI=1S/C34H36NSi.C13H24O2.Ir/c1-23(2)30-21-27(20-25-10-6-7-11-29(25)30)32-33-26(16-17-35-32)22-31(36(33)18-8-9-19-36)24-12-14-28(15-13-24)34(3,4)5;1-5-10(6-2)12(14)9-13(15)11(7-3)8-4;/h6-7,10-17,21-23H,8-9,18-19H2,1-5H3;9-11,14H,5-8H2,1-4H3;/q-1;;/b;12-9-;. The third-order valence-corrected chi connectivity index (χ3v) is 16.9. The minimum absolute atomic E-state index is 0. The molecule has 1 N–H and O–H groups in total. The van der Waals surface area contributed by atoms with E-state index in [-0.39, 0.29) is 48.9 Å². The summed E-state index contributed by atoms with van der Waals surface area (Å²) >= 11 is 0. The molecule has 4 aromatic rings. The molecule has 0 bridgehead atoms. The molecule has 3 nitrogen and oxygen atoms in total. The van der Waals surface area contributed by atoms with Gasteiger partial charge in [0.2, 0.25) is 0 Å². The second-order valence-electron chi connectivity index (χ2n) is 16.1. The van der Waals surface area contributed by atoms with Gasteiger partial charge in [-0.2, -0.15) is 0 Å². The Morgan fingerprint density at radius 2 is 1.52 bits per heavy atom. The molecule has 3 aromatic carbocycles. The molecule has 0 aliphatic carbocycles. The number of pyridine rings is 1. The van der Waals surface area contributed by atoms with Crippen molar-refractivity contribution in [3.05, 3.63) is 107 Å². The van der Waals surface area contributed by atoms with Crippen molar-refractivity contribution < 1.29 is 30.0 Å². The number of allylic oxidation sites excluding steroid dienone is 2. The van der Waals surface area contributed by atoms with Gasteiger partial charge in [0, 0.05) is 49.9 Å². The molecular weight excluding hydrogens is 831 g/mol. The summed E-state index contributed by atoms with van der Waals surface area (Å²) < 4.78 is 0. The van der Waals surface area contributed by atoms with Gasteiger partial charge in [-0.05, 0) is 77.1 Å². The number of benzene rings is 3. The number of ketones is 1. The van der Waals surface area contributed by atoms with E-state index in [1.807, 2.05) is 33.9 Å². The van der Waals surface area contributed by atoms with E-state index in [0.29, 0.717) is 5.92 Å². The first kappa shape index (κ1) is 41.6. The molecule has 2 aliphatic heterocycles. The zero-order valence-corrected chi connectivity index (χ0v) is 36.4. The maximum Gasteiger partial charge on any atom is 0.162 e. The molecular formula is C47H60IrNO2Si-. The maximum absolute atomic E-state index is 11.7. The van der Waals surface area contributed by atoms with Crippen LogP contribution in [-0.4, -0.2) is 23.9 Å². The summed E-state index contributed by atoms with van der Waals surface area (Å²) in [5.41, 5.74) is 8.14. The Morgan fingerprint density at radius 3 is 2.10 bits per heavy atom. The van der Waals surface area contributed by atoms with E-state index in [1.54, 1.807) is 10.4 Å². The molecule has 5 heteroatoms. The monoisotopic (exact) mass is 891 g/mol. The van der Waals surface area contributed by atoms with E-state index in [0.717, 1.165) is 25.7 Å². The summed E-state index contributed by atoms with van der Waals surface area (Å²) in [6, 6.07) is 29.3. The van der Waals surface area contributed by atoms with Crippen molar-refractivity contribution in [1.82, 2.24) is 4.98 Å². The van der Waals surface area contributed by atoms with Crippen LogP contribution in [0.3, 0.4) is 0 Å². The van der Waals surface area contributed by atoms with Gasteiger partial charge in [0.25, 0.3) is 0 Å². The Kier molecular flexibility index (Phi) is 14.3. The number of hydrogen-bond acceptors (Lipinski definition) is 3. The van der Waals surface area contributed by atoms with Crippen molar-refractivity contribution in [3.8, 4) is 11.3 Å². The van der Waals surface area contributed by atoms with E-state index >= 15 is 0 Å². The summed E-state index contributed by atoms with van der Waals surface area (Å²) in [7, 11) is -1.88. The SMILES string of the molecule is CC(C)c1cc(-c2nccc3c2[Si]2(CCCC2)C(c2ccc(C(C)(C)C)cc2)=C3)[c-]c2ccccc12.CCC(CC)C(=O)/C=C(\O)C(CC)CC.[Ir]. The van der Waals surface area contributed by atoms with Crippen LogP contribution in [0.25, 0.3) is 33.3 Å². The molecule has 1 saturated heterocycles. The van der Waals surface area contributed by atoms with Crippen molar-refractivity contribution >= 4 is 41.1 Å². The van der Waals surface area contributed by atoms with Gasteiger partial charge in [0.1, 0.15) is 8.07 Å². The molecule has 1 radical (unpaired) electrons. The number of aromatic nitrogens is 1. The second kappa shape index (κ2) is 17.8. The Balaban J connectivity index is 0.000000323. The summed E-state index contributed by atoms with van der Waals surface area (Å²) in [6.07, 6.45) is 12.1. The van der Waals surface area contributed by atoms with Gasteiger partial charge >= 0.3 is 0 Å². The molecule has 0 unspecified atom stereocenters. The molecule has 52 heavy (non-hydrogen) atoms. The van der Waals surface area contributed by atoms with Gasteiger partial charge in [-0.25, -0.2) is 0 Å². The summed E-state index contributed by atoms with van der Waals surface area (Å²) in [6.45, 7) is 19.5. The Hall–Kier alpha value is -3.11. The Labute approximate surface area is 328 Å². The number of carbonyl (C=O) groups excluding carboxylic acids is 1. The van der Waals surface area contributed by atoms with Crippen LogP contribution in [0.5, 0.6) is 0 Å².